The number of esters is 1. The van der Waals surface area contributed by atoms with Crippen LogP contribution in [-0.4, -0.2) is 42.8 Å². The van der Waals surface area contributed by atoms with Crippen molar-refractivity contribution in [2.24, 2.45) is 0 Å². The zero-order valence-corrected chi connectivity index (χ0v) is 13.6. The van der Waals surface area contributed by atoms with Gasteiger partial charge < -0.3 is 19.2 Å². The van der Waals surface area contributed by atoms with Crippen LogP contribution in [-0.2, 0) is 25.6 Å². The fourth-order valence-electron chi connectivity index (χ4n) is 2.16. The molecule has 130 valence electrons. The van der Waals surface area contributed by atoms with E-state index in [1.807, 2.05) is 0 Å². The van der Waals surface area contributed by atoms with Crippen LogP contribution in [0.4, 0.5) is 0 Å². The first-order valence-corrected chi connectivity index (χ1v) is 7.57. The lowest BCUT2D eigenvalue weighted by atomic mass is 10.3. The zero-order chi connectivity index (χ0) is 17.5. The maximum Gasteiger partial charge on any atom is 0.419 e. The predicted molar refractivity (Wildman–Crippen MR) is 85.5 cm³/mol. The molecular weight excluding hydrogens is 316 g/mol. The van der Waals surface area contributed by atoms with Gasteiger partial charge in [0.05, 0.1) is 18.5 Å². The second-order valence-corrected chi connectivity index (χ2v) is 5.15. The van der Waals surface area contributed by atoms with Crippen LogP contribution < -0.4 is 11.1 Å². The molecule has 2 rings (SSSR count). The summed E-state index contributed by atoms with van der Waals surface area (Å²) in [6.45, 7) is 2.32. The number of ether oxygens (including phenoxy) is 2. The molecule has 0 aliphatic carbocycles. The van der Waals surface area contributed by atoms with Crippen molar-refractivity contribution in [1.82, 2.24) is 9.88 Å². The number of amides is 1. The van der Waals surface area contributed by atoms with E-state index in [2.05, 4.69) is 5.32 Å². The highest BCUT2D eigenvalue weighted by Gasteiger charge is 2.18. The maximum absolute atomic E-state index is 11.9. The Morgan fingerprint density at radius 1 is 1.33 bits per heavy atom. The molecule has 0 aliphatic heterocycles. The van der Waals surface area contributed by atoms with Gasteiger partial charge >= 0.3 is 11.7 Å². The number of hydrogen-bond donors (Lipinski definition) is 1. The smallest absolute Gasteiger partial charge is 0.419 e. The van der Waals surface area contributed by atoms with E-state index in [-0.39, 0.29) is 13.0 Å². The number of oxazole rings is 1. The summed E-state index contributed by atoms with van der Waals surface area (Å²) in [5.41, 5.74) is 1.07. The van der Waals surface area contributed by atoms with Crippen molar-refractivity contribution in [2.75, 3.05) is 20.3 Å². The van der Waals surface area contributed by atoms with Crippen molar-refractivity contribution in [3.05, 3.63) is 34.8 Å². The Bertz CT molecular complexity index is 763. The average Bonchev–Trinajstić information content (AvgIpc) is 2.88. The Morgan fingerprint density at radius 2 is 2.08 bits per heavy atom. The van der Waals surface area contributed by atoms with Gasteiger partial charge in [-0.25, -0.2) is 4.79 Å². The van der Waals surface area contributed by atoms with Gasteiger partial charge in [0.25, 0.3) is 5.91 Å². The third-order valence-electron chi connectivity index (χ3n) is 3.40. The number of benzene rings is 1. The van der Waals surface area contributed by atoms with Crippen molar-refractivity contribution in [2.45, 2.75) is 26.0 Å². The lowest BCUT2D eigenvalue weighted by Crippen LogP contribution is -2.37. The van der Waals surface area contributed by atoms with E-state index in [0.717, 1.165) is 0 Å². The summed E-state index contributed by atoms with van der Waals surface area (Å²) in [5.74, 6) is -1.50. The highest BCUT2D eigenvalue weighted by atomic mass is 16.5. The number of rotatable bonds is 8. The molecule has 1 amide bonds. The molecular formula is C16H20N2O6. The highest BCUT2D eigenvalue weighted by molar-refractivity contribution is 5.83. The van der Waals surface area contributed by atoms with E-state index in [9.17, 15) is 14.4 Å². The second-order valence-electron chi connectivity index (χ2n) is 5.15. The number of fused-ring (bicyclic) bond motifs is 1. The van der Waals surface area contributed by atoms with E-state index in [4.69, 9.17) is 13.9 Å². The summed E-state index contributed by atoms with van der Waals surface area (Å²) in [5, 5.41) is 2.58. The standard InChI is InChI=1S/C16H20N2O6/c1-11(15(20)17-8-10-22-2)23-14(19)7-9-18-12-5-3-4-6-13(12)24-16(18)21/h3-6,11H,7-10H2,1-2H3,(H,17,20)/t11-/m1/s1. The molecule has 1 aromatic carbocycles. The first-order chi connectivity index (χ1) is 11.5. The molecule has 8 nitrogen and oxygen atoms in total. The molecule has 0 saturated carbocycles. The molecule has 1 aromatic heterocycles. The van der Waals surface area contributed by atoms with Crippen LogP contribution in [0.5, 0.6) is 0 Å². The van der Waals surface area contributed by atoms with Gasteiger partial charge in [-0.2, -0.15) is 0 Å². The fourth-order valence-corrected chi connectivity index (χ4v) is 2.16. The topological polar surface area (TPSA) is 99.8 Å². The Morgan fingerprint density at radius 3 is 2.83 bits per heavy atom. The summed E-state index contributed by atoms with van der Waals surface area (Å²) in [7, 11) is 1.52. The number of nitrogens with one attached hydrogen (secondary N) is 1. The number of nitrogens with zero attached hydrogens (tertiary/aromatic N) is 1. The van der Waals surface area contributed by atoms with Crippen molar-refractivity contribution in [3.63, 3.8) is 0 Å². The largest absolute Gasteiger partial charge is 0.452 e. The molecule has 0 bridgehead atoms. The minimum absolute atomic E-state index is 0.0425. The molecule has 0 unspecified atom stereocenters. The quantitative estimate of drug-likeness (QED) is 0.562. The SMILES string of the molecule is COCCNC(=O)[C@@H](C)OC(=O)CCn1c(=O)oc2ccccc21. The van der Waals surface area contributed by atoms with Gasteiger partial charge in [0.15, 0.2) is 11.7 Å². The Labute approximate surface area is 138 Å². The molecule has 0 aliphatic rings. The van der Waals surface area contributed by atoms with Crippen LogP contribution in [0, 0.1) is 0 Å². The van der Waals surface area contributed by atoms with Crippen LogP contribution in [0.25, 0.3) is 11.1 Å². The van der Waals surface area contributed by atoms with Gasteiger partial charge in [-0.1, -0.05) is 12.1 Å². The highest BCUT2D eigenvalue weighted by Crippen LogP contribution is 2.12. The third kappa shape index (κ3) is 4.45. The first-order valence-electron chi connectivity index (χ1n) is 7.57. The maximum atomic E-state index is 11.9. The van der Waals surface area contributed by atoms with Gasteiger partial charge in [0.1, 0.15) is 0 Å². The van der Waals surface area contributed by atoms with Crippen molar-refractivity contribution in [1.29, 1.82) is 0 Å². The molecule has 0 saturated heterocycles. The van der Waals surface area contributed by atoms with Crippen molar-refractivity contribution in [3.8, 4) is 0 Å². The number of aromatic nitrogens is 1. The summed E-state index contributed by atoms with van der Waals surface area (Å²) in [6.07, 6.45) is -0.953. The molecule has 0 spiro atoms. The van der Waals surface area contributed by atoms with Gasteiger partial charge in [-0.3, -0.25) is 14.2 Å². The minimum Gasteiger partial charge on any atom is -0.452 e. The van der Waals surface area contributed by atoms with Gasteiger partial charge in [-0.15, -0.1) is 0 Å². The molecule has 1 atom stereocenters. The molecule has 2 aromatic rings. The summed E-state index contributed by atoms with van der Waals surface area (Å²) in [4.78, 5) is 35.4. The minimum atomic E-state index is -0.910. The molecule has 0 radical (unpaired) electrons. The number of methoxy groups -OCH3 is 1. The lowest BCUT2D eigenvalue weighted by Gasteiger charge is -2.13. The molecule has 24 heavy (non-hydrogen) atoms. The Hall–Kier alpha value is -2.61. The van der Waals surface area contributed by atoms with Crippen LogP contribution in [0.3, 0.4) is 0 Å². The monoisotopic (exact) mass is 336 g/mol. The Balaban J connectivity index is 1.87. The molecule has 1 heterocycles. The third-order valence-corrected chi connectivity index (χ3v) is 3.40. The average molecular weight is 336 g/mol. The molecule has 8 heteroatoms. The van der Waals surface area contributed by atoms with Crippen molar-refractivity contribution < 1.29 is 23.5 Å². The number of hydrogen-bond acceptors (Lipinski definition) is 6. The summed E-state index contributed by atoms with van der Waals surface area (Å²) in [6, 6.07) is 6.95. The van der Waals surface area contributed by atoms with Crippen LogP contribution in [0.2, 0.25) is 0 Å². The van der Waals surface area contributed by atoms with Gasteiger partial charge in [-0.05, 0) is 19.1 Å². The fraction of sp³-hybridized carbons (Fsp3) is 0.438. The lowest BCUT2D eigenvalue weighted by molar-refractivity contribution is -0.155. The summed E-state index contributed by atoms with van der Waals surface area (Å²) < 4.78 is 16.3. The van der Waals surface area contributed by atoms with E-state index in [1.54, 1.807) is 24.3 Å². The number of para-hydroxylation sites is 2. The number of aryl methyl sites for hydroxylation is 1. The van der Waals surface area contributed by atoms with E-state index in [1.165, 1.54) is 18.6 Å². The van der Waals surface area contributed by atoms with Crippen molar-refractivity contribution >= 4 is 23.0 Å². The predicted octanol–water partition coefficient (Wildman–Crippen LogP) is 0.679. The normalized spacial score (nSPS) is 12.1. The first kappa shape index (κ1) is 17.7. The van der Waals surface area contributed by atoms with E-state index >= 15 is 0 Å². The number of carbonyl (C=O) groups is 2. The number of carbonyl (C=O) groups excluding carboxylic acids is 2. The molecule has 1 N–H and O–H groups in total. The van der Waals surface area contributed by atoms with E-state index in [0.29, 0.717) is 24.3 Å². The second kappa shape index (κ2) is 8.30. The molecule has 0 fully saturated rings. The van der Waals surface area contributed by atoms with Crippen LogP contribution >= 0.6 is 0 Å². The van der Waals surface area contributed by atoms with E-state index < -0.39 is 23.7 Å². The Kier molecular flexibility index (Phi) is 6.14. The van der Waals surface area contributed by atoms with Crippen LogP contribution in [0.1, 0.15) is 13.3 Å². The van der Waals surface area contributed by atoms with Crippen LogP contribution in [0.15, 0.2) is 33.5 Å². The zero-order valence-electron chi connectivity index (χ0n) is 13.6. The van der Waals surface area contributed by atoms with Gasteiger partial charge in [0, 0.05) is 20.2 Å². The van der Waals surface area contributed by atoms with Gasteiger partial charge in [0.2, 0.25) is 0 Å². The summed E-state index contributed by atoms with van der Waals surface area (Å²) >= 11 is 0.